The van der Waals surface area contributed by atoms with Crippen LogP contribution >= 0.6 is 18.9 Å². The normalized spacial score (nSPS) is 13.2. The number of carbonyl (C=O) groups excluding carboxylic acids is 1. The van der Waals surface area contributed by atoms with Gasteiger partial charge in [-0.2, -0.15) is 0 Å². The van der Waals surface area contributed by atoms with Gasteiger partial charge in [0.2, 0.25) is 11.3 Å². The topological polar surface area (TPSA) is 143 Å². The Morgan fingerprint density at radius 3 is 2.10 bits per heavy atom. The summed E-state index contributed by atoms with van der Waals surface area (Å²) in [6.07, 6.45) is 0.765. The van der Waals surface area contributed by atoms with Crippen LogP contribution in [0.2, 0.25) is 0 Å². The fourth-order valence-corrected chi connectivity index (χ4v) is 6.40. The molecule has 2 aromatic heterocycles. The smallest absolute Gasteiger partial charge is 0.396 e. The summed E-state index contributed by atoms with van der Waals surface area (Å²) >= 11 is 1.40. The van der Waals surface area contributed by atoms with Crippen LogP contribution in [0.4, 0.5) is 5.13 Å². The summed E-state index contributed by atoms with van der Waals surface area (Å²) in [5.74, 6) is -0.102. The van der Waals surface area contributed by atoms with Crippen LogP contribution in [0.3, 0.4) is 0 Å². The van der Waals surface area contributed by atoms with Gasteiger partial charge in [0.15, 0.2) is 10.9 Å². The second kappa shape index (κ2) is 13.2. The van der Waals surface area contributed by atoms with E-state index in [-0.39, 0.29) is 18.7 Å². The zero-order chi connectivity index (χ0) is 30.5. The van der Waals surface area contributed by atoms with Gasteiger partial charge in [0.05, 0.1) is 13.2 Å². The first-order valence-electron chi connectivity index (χ1n) is 13.3. The molecule has 0 amide bonds. The molecule has 0 aliphatic carbocycles. The number of ether oxygens (including phenoxy) is 2. The molecule has 224 valence electrons. The third-order valence-corrected chi connectivity index (χ3v) is 8.31. The number of nitrogen functional groups attached to an aromatic ring is 1. The predicted molar refractivity (Wildman–Crippen MR) is 161 cm³/mol. The van der Waals surface area contributed by atoms with E-state index in [9.17, 15) is 14.5 Å². The van der Waals surface area contributed by atoms with Crippen molar-refractivity contribution in [1.29, 1.82) is 0 Å². The van der Waals surface area contributed by atoms with Crippen LogP contribution in [0.15, 0.2) is 65.1 Å². The van der Waals surface area contributed by atoms with Crippen molar-refractivity contribution in [3.8, 4) is 23.0 Å². The van der Waals surface area contributed by atoms with Crippen molar-refractivity contribution in [3.63, 3.8) is 0 Å². The average molecular weight is 615 g/mol. The molecule has 0 radical (unpaired) electrons. The first-order valence-corrected chi connectivity index (χ1v) is 15.7. The summed E-state index contributed by atoms with van der Waals surface area (Å²) < 4.78 is 42.7. The molecule has 2 aromatic carbocycles. The molecule has 0 bridgehead atoms. The molecule has 1 unspecified atom stereocenters. The second-order valence-electron chi connectivity index (χ2n) is 10.5. The minimum Gasteiger partial charge on any atom is -0.463 e. The first kappa shape index (κ1) is 31.5. The molecule has 0 saturated carbocycles. The Labute approximate surface area is 248 Å². The van der Waals surface area contributed by atoms with E-state index < -0.39 is 19.4 Å². The molecule has 0 aliphatic heterocycles. The van der Waals surface area contributed by atoms with E-state index in [1.165, 1.54) is 32.1 Å². The molecule has 0 fully saturated rings. The van der Waals surface area contributed by atoms with Crippen molar-refractivity contribution in [2.24, 2.45) is 5.92 Å². The molecule has 0 aliphatic rings. The number of rotatable bonds is 13. The van der Waals surface area contributed by atoms with Gasteiger partial charge in [0.25, 0.3) is 0 Å². The lowest BCUT2D eigenvalue weighted by molar-refractivity contribution is -0.131. The summed E-state index contributed by atoms with van der Waals surface area (Å²) in [6.45, 7) is 8.48. The summed E-state index contributed by atoms with van der Waals surface area (Å²) in [7, 11) is -4.00. The maximum absolute atomic E-state index is 14.2. The molecule has 1 atom stereocenters. The highest BCUT2D eigenvalue weighted by atomic mass is 32.1. The van der Waals surface area contributed by atoms with E-state index in [1.54, 1.807) is 60.7 Å². The van der Waals surface area contributed by atoms with E-state index in [1.807, 2.05) is 0 Å². The fourth-order valence-electron chi connectivity index (χ4n) is 3.92. The number of hydrogen-bond acceptors (Lipinski definition) is 11. The van der Waals surface area contributed by atoms with Crippen LogP contribution in [0.25, 0.3) is 11.5 Å². The fraction of sp³-hybridized carbons (Fsp3) is 0.333. The van der Waals surface area contributed by atoms with Crippen LogP contribution in [0.5, 0.6) is 11.5 Å². The molecule has 4 rings (SSSR count). The molecular formula is C30H35N2O8PS. The lowest BCUT2D eigenvalue weighted by Crippen LogP contribution is -2.26. The van der Waals surface area contributed by atoms with Gasteiger partial charge in [-0.1, -0.05) is 38.1 Å². The third-order valence-electron chi connectivity index (χ3n) is 5.68. The van der Waals surface area contributed by atoms with Gasteiger partial charge in [-0.05, 0) is 59.9 Å². The summed E-state index contributed by atoms with van der Waals surface area (Å²) in [5.41, 5.74) is 8.01. The third kappa shape index (κ3) is 8.77. The number of esters is 1. The Balaban J connectivity index is 1.57. The number of hydrogen-bond donors (Lipinski definition) is 2. The zero-order valence-electron chi connectivity index (χ0n) is 24.2. The Kier molecular flexibility index (Phi) is 9.91. The predicted octanol–water partition coefficient (Wildman–Crippen LogP) is 6.47. The highest BCUT2D eigenvalue weighted by molar-refractivity contribution is 7.61. The Morgan fingerprint density at radius 2 is 1.57 bits per heavy atom. The van der Waals surface area contributed by atoms with Crippen LogP contribution < -0.4 is 20.7 Å². The number of anilines is 1. The van der Waals surface area contributed by atoms with Crippen molar-refractivity contribution in [1.82, 2.24) is 4.98 Å². The van der Waals surface area contributed by atoms with Crippen molar-refractivity contribution < 1.29 is 37.4 Å². The molecule has 12 heteroatoms. The van der Waals surface area contributed by atoms with Crippen molar-refractivity contribution in [2.45, 2.75) is 60.0 Å². The molecule has 4 aromatic rings. The SMILES string of the molecule is CC(=O)Oc1ccc(COP(=O)(OCc2ccc(OC(C)(C)O)cc2)c2ccc(-c3nc(N)sc3CC(C)C)o2)cc1. The van der Waals surface area contributed by atoms with E-state index in [0.29, 0.717) is 45.1 Å². The van der Waals surface area contributed by atoms with Crippen molar-refractivity contribution in [2.75, 3.05) is 5.73 Å². The van der Waals surface area contributed by atoms with E-state index in [2.05, 4.69) is 18.8 Å². The number of furan rings is 1. The Morgan fingerprint density at radius 1 is 1.00 bits per heavy atom. The van der Waals surface area contributed by atoms with Crippen LogP contribution in [0, 0.1) is 5.92 Å². The van der Waals surface area contributed by atoms with Gasteiger partial charge in [0.1, 0.15) is 17.2 Å². The Hall–Kier alpha value is -3.47. The van der Waals surface area contributed by atoms with Gasteiger partial charge < -0.3 is 24.7 Å². The molecule has 0 saturated heterocycles. The maximum Gasteiger partial charge on any atom is 0.396 e. The van der Waals surface area contributed by atoms with Crippen LogP contribution in [-0.2, 0) is 38.0 Å². The lowest BCUT2D eigenvalue weighted by atomic mass is 10.1. The quantitative estimate of drug-likeness (QED) is 0.0744. The van der Waals surface area contributed by atoms with E-state index in [4.69, 9.17) is 28.7 Å². The average Bonchev–Trinajstić information content (AvgIpc) is 3.53. The minimum absolute atomic E-state index is 0.0260. The second-order valence-corrected chi connectivity index (χ2v) is 13.6. The number of aliphatic hydroxyl groups is 1. The molecule has 10 nitrogen and oxygen atoms in total. The molecular weight excluding hydrogens is 579 g/mol. The van der Waals surface area contributed by atoms with Crippen LogP contribution in [-0.4, -0.2) is 21.8 Å². The number of carbonyl (C=O) groups is 1. The number of aromatic nitrogens is 1. The summed E-state index contributed by atoms with van der Waals surface area (Å²) in [6, 6.07) is 16.7. The molecule has 2 heterocycles. The van der Waals surface area contributed by atoms with Crippen molar-refractivity contribution in [3.05, 3.63) is 76.7 Å². The molecule has 0 spiro atoms. The monoisotopic (exact) mass is 614 g/mol. The standard InChI is InChI=1S/C30H35N2O8PS/c1-19(2)16-26-28(32-29(31)42-26)25-14-15-27(39-25)41(35,36-17-21-6-10-23(11-7-21)38-20(3)33)37-18-22-8-12-24(13-9-22)40-30(4,5)34/h6-15,19,34H,16-18H2,1-5H3,(H2,31,32). The largest absolute Gasteiger partial charge is 0.463 e. The minimum atomic E-state index is -4.00. The van der Waals surface area contributed by atoms with Crippen LogP contribution in [0.1, 0.15) is 50.6 Å². The van der Waals surface area contributed by atoms with Gasteiger partial charge in [-0.3, -0.25) is 18.4 Å². The summed E-state index contributed by atoms with van der Waals surface area (Å²) in [4.78, 5) is 16.6. The van der Waals surface area contributed by atoms with Gasteiger partial charge in [-0.25, -0.2) is 4.98 Å². The number of nitrogens with two attached hydrogens (primary N) is 1. The highest BCUT2D eigenvalue weighted by Gasteiger charge is 2.33. The first-order chi connectivity index (χ1) is 19.8. The van der Waals surface area contributed by atoms with Crippen molar-refractivity contribution >= 4 is 35.5 Å². The molecule has 42 heavy (non-hydrogen) atoms. The Bertz CT molecular complexity index is 1540. The highest BCUT2D eigenvalue weighted by Crippen LogP contribution is 2.50. The van der Waals surface area contributed by atoms with Gasteiger partial charge in [-0.15, -0.1) is 11.3 Å². The van der Waals surface area contributed by atoms with E-state index >= 15 is 0 Å². The summed E-state index contributed by atoms with van der Waals surface area (Å²) in [5, 5.41) is 10.3. The van der Waals surface area contributed by atoms with E-state index in [0.717, 1.165) is 11.3 Å². The van der Waals surface area contributed by atoms with Gasteiger partial charge >= 0.3 is 13.6 Å². The maximum atomic E-state index is 14.2. The number of nitrogens with zero attached hydrogens (tertiary/aromatic N) is 1. The number of benzene rings is 2. The zero-order valence-corrected chi connectivity index (χ0v) is 25.9. The lowest BCUT2D eigenvalue weighted by Gasteiger charge is -2.20. The van der Waals surface area contributed by atoms with Gasteiger partial charge in [0, 0.05) is 25.6 Å². The number of thiazole rings is 1. The molecule has 3 N–H and O–H groups in total.